The van der Waals surface area contributed by atoms with Crippen molar-refractivity contribution in [1.82, 2.24) is 5.32 Å². The first-order chi connectivity index (χ1) is 10.1. The van der Waals surface area contributed by atoms with Crippen LogP contribution in [0.25, 0.3) is 10.1 Å². The topological polar surface area (TPSA) is 75.4 Å². The Hall–Kier alpha value is -1.24. The first-order valence-corrected chi connectivity index (χ1v) is 8.86. The van der Waals surface area contributed by atoms with Crippen LogP contribution in [-0.4, -0.2) is 35.7 Å². The molecule has 0 fully saturated rings. The molecule has 2 aromatic rings. The van der Waals surface area contributed by atoms with Crippen LogP contribution in [0.4, 0.5) is 5.69 Å². The SMILES string of the molecule is Cc1cccc2c(N)c(C(=O)NCCSCCCO)sc12. The maximum Gasteiger partial charge on any atom is 0.263 e. The molecule has 0 aliphatic heterocycles. The summed E-state index contributed by atoms with van der Waals surface area (Å²) in [4.78, 5) is 12.8. The van der Waals surface area contributed by atoms with Crippen LogP contribution in [0.15, 0.2) is 18.2 Å². The van der Waals surface area contributed by atoms with Crippen LogP contribution in [0.2, 0.25) is 0 Å². The molecule has 0 spiro atoms. The number of nitrogens with one attached hydrogen (secondary N) is 1. The molecule has 0 aliphatic rings. The number of aryl methyl sites for hydroxylation is 1. The fourth-order valence-corrected chi connectivity index (χ4v) is 3.92. The van der Waals surface area contributed by atoms with Crippen LogP contribution in [0.1, 0.15) is 21.7 Å². The van der Waals surface area contributed by atoms with E-state index in [1.54, 1.807) is 11.8 Å². The monoisotopic (exact) mass is 324 g/mol. The Kier molecular flexibility index (Phi) is 5.90. The molecule has 114 valence electrons. The van der Waals surface area contributed by atoms with Gasteiger partial charge in [-0.3, -0.25) is 4.79 Å². The molecule has 1 aromatic heterocycles. The second kappa shape index (κ2) is 7.68. The molecule has 0 atom stereocenters. The third-order valence-corrected chi connectivity index (χ3v) is 5.56. The molecule has 0 bridgehead atoms. The van der Waals surface area contributed by atoms with E-state index in [1.807, 2.05) is 25.1 Å². The van der Waals surface area contributed by atoms with E-state index in [9.17, 15) is 4.79 Å². The van der Waals surface area contributed by atoms with Gasteiger partial charge in [0, 0.05) is 29.0 Å². The van der Waals surface area contributed by atoms with Crippen LogP contribution >= 0.6 is 23.1 Å². The number of thioether (sulfide) groups is 1. The van der Waals surface area contributed by atoms with Gasteiger partial charge in [-0.2, -0.15) is 11.8 Å². The predicted octanol–water partition coefficient (Wildman–Crippen LogP) is 2.64. The van der Waals surface area contributed by atoms with Crippen LogP contribution in [0, 0.1) is 6.92 Å². The summed E-state index contributed by atoms with van der Waals surface area (Å²) in [6.45, 7) is 2.86. The standard InChI is InChI=1S/C15H20N2O2S2/c1-10-4-2-5-11-12(16)14(21-13(10)11)15(19)17-6-9-20-8-3-7-18/h2,4-5,18H,3,6-9,16H2,1H3,(H,17,19). The summed E-state index contributed by atoms with van der Waals surface area (Å²) in [6, 6.07) is 5.94. The second-order valence-electron chi connectivity index (χ2n) is 4.74. The summed E-state index contributed by atoms with van der Waals surface area (Å²) >= 11 is 3.18. The molecule has 21 heavy (non-hydrogen) atoms. The van der Waals surface area contributed by atoms with E-state index < -0.39 is 0 Å². The Morgan fingerprint density at radius 1 is 1.43 bits per heavy atom. The third-order valence-electron chi connectivity index (χ3n) is 3.14. The molecule has 6 heteroatoms. The van der Waals surface area contributed by atoms with Crippen LogP contribution in [-0.2, 0) is 0 Å². The molecule has 1 heterocycles. The zero-order valence-corrected chi connectivity index (χ0v) is 13.6. The third kappa shape index (κ3) is 3.90. The van der Waals surface area contributed by atoms with Gasteiger partial charge >= 0.3 is 0 Å². The largest absolute Gasteiger partial charge is 0.397 e. The maximum atomic E-state index is 12.2. The van der Waals surface area contributed by atoms with Crippen molar-refractivity contribution >= 4 is 44.8 Å². The van der Waals surface area contributed by atoms with Crippen LogP contribution < -0.4 is 11.1 Å². The highest BCUT2D eigenvalue weighted by atomic mass is 32.2. The van der Waals surface area contributed by atoms with Crippen molar-refractivity contribution in [1.29, 1.82) is 0 Å². The number of nitrogens with two attached hydrogens (primary N) is 1. The van der Waals surface area contributed by atoms with Gasteiger partial charge in [-0.15, -0.1) is 11.3 Å². The molecule has 4 nitrogen and oxygen atoms in total. The highest BCUT2D eigenvalue weighted by Crippen LogP contribution is 2.35. The van der Waals surface area contributed by atoms with Crippen molar-refractivity contribution < 1.29 is 9.90 Å². The highest BCUT2D eigenvalue weighted by molar-refractivity contribution is 7.99. The van der Waals surface area contributed by atoms with E-state index in [-0.39, 0.29) is 12.5 Å². The zero-order chi connectivity index (χ0) is 15.2. The lowest BCUT2D eigenvalue weighted by atomic mass is 10.1. The van der Waals surface area contributed by atoms with Crippen molar-refractivity contribution in [2.24, 2.45) is 0 Å². The second-order valence-corrected chi connectivity index (χ2v) is 6.99. The number of thiophene rings is 1. The minimum atomic E-state index is -0.101. The van der Waals surface area contributed by atoms with E-state index in [4.69, 9.17) is 10.8 Å². The number of amides is 1. The number of hydrogen-bond donors (Lipinski definition) is 3. The molecular weight excluding hydrogens is 304 g/mol. The number of carbonyl (C=O) groups excluding carboxylic acids is 1. The summed E-state index contributed by atoms with van der Waals surface area (Å²) in [5, 5.41) is 12.6. The lowest BCUT2D eigenvalue weighted by Gasteiger charge is -2.04. The van der Waals surface area contributed by atoms with Crippen molar-refractivity contribution in [3.63, 3.8) is 0 Å². The van der Waals surface area contributed by atoms with Gasteiger partial charge in [0.2, 0.25) is 0 Å². The van der Waals surface area contributed by atoms with E-state index in [1.165, 1.54) is 11.3 Å². The maximum absolute atomic E-state index is 12.2. The van der Waals surface area contributed by atoms with E-state index >= 15 is 0 Å². The number of hydrogen-bond acceptors (Lipinski definition) is 5. The Labute approximate surface area is 132 Å². The number of carbonyl (C=O) groups is 1. The van der Waals surface area contributed by atoms with Gasteiger partial charge < -0.3 is 16.2 Å². The predicted molar refractivity (Wildman–Crippen MR) is 92.3 cm³/mol. The van der Waals surface area contributed by atoms with Gasteiger partial charge in [0.25, 0.3) is 5.91 Å². The summed E-state index contributed by atoms with van der Waals surface area (Å²) in [5.74, 6) is 1.66. The van der Waals surface area contributed by atoms with Crippen molar-refractivity contribution in [3.05, 3.63) is 28.6 Å². The Bertz CT molecular complexity index is 625. The Balaban J connectivity index is 1.97. The normalized spacial score (nSPS) is 11.0. The summed E-state index contributed by atoms with van der Waals surface area (Å²) in [5.41, 5.74) is 7.81. The fraction of sp³-hybridized carbons (Fsp3) is 0.400. The molecule has 0 unspecified atom stereocenters. The van der Waals surface area contributed by atoms with Crippen molar-refractivity contribution in [3.8, 4) is 0 Å². The summed E-state index contributed by atoms with van der Waals surface area (Å²) < 4.78 is 1.08. The smallest absolute Gasteiger partial charge is 0.263 e. The number of fused-ring (bicyclic) bond motifs is 1. The van der Waals surface area contributed by atoms with Gasteiger partial charge in [0.15, 0.2) is 0 Å². The average molecular weight is 324 g/mol. The molecule has 1 aromatic carbocycles. The molecule has 4 N–H and O–H groups in total. The molecule has 0 saturated carbocycles. The lowest BCUT2D eigenvalue weighted by molar-refractivity contribution is 0.0961. The number of anilines is 1. The zero-order valence-electron chi connectivity index (χ0n) is 12.0. The van der Waals surface area contributed by atoms with E-state index in [0.717, 1.165) is 33.6 Å². The number of nitrogen functional groups attached to an aromatic ring is 1. The van der Waals surface area contributed by atoms with Crippen LogP contribution in [0.3, 0.4) is 0 Å². The molecule has 1 amide bonds. The first-order valence-electron chi connectivity index (χ1n) is 6.89. The molecule has 2 rings (SSSR count). The molecule has 0 radical (unpaired) electrons. The van der Waals surface area contributed by atoms with Gasteiger partial charge in [-0.1, -0.05) is 18.2 Å². The quantitative estimate of drug-likeness (QED) is 0.684. The lowest BCUT2D eigenvalue weighted by Crippen LogP contribution is -2.25. The van der Waals surface area contributed by atoms with Gasteiger partial charge in [0.05, 0.1) is 5.69 Å². The fourth-order valence-electron chi connectivity index (χ4n) is 2.03. The number of aliphatic hydroxyl groups is 1. The van der Waals surface area contributed by atoms with E-state index in [0.29, 0.717) is 17.1 Å². The summed E-state index contributed by atoms with van der Waals surface area (Å²) in [6.07, 6.45) is 0.793. The van der Waals surface area contributed by atoms with E-state index in [2.05, 4.69) is 5.32 Å². The van der Waals surface area contributed by atoms with Crippen molar-refractivity contribution in [2.75, 3.05) is 30.4 Å². The average Bonchev–Trinajstić information content (AvgIpc) is 2.82. The van der Waals surface area contributed by atoms with Gasteiger partial charge in [-0.05, 0) is 24.7 Å². The molecular formula is C15H20N2O2S2. The Morgan fingerprint density at radius 3 is 2.95 bits per heavy atom. The number of benzene rings is 1. The Morgan fingerprint density at radius 2 is 2.24 bits per heavy atom. The minimum absolute atomic E-state index is 0.101. The van der Waals surface area contributed by atoms with Gasteiger partial charge in [0.1, 0.15) is 4.88 Å². The molecule has 0 aliphatic carbocycles. The number of rotatable bonds is 7. The van der Waals surface area contributed by atoms with Crippen molar-refractivity contribution in [2.45, 2.75) is 13.3 Å². The number of aliphatic hydroxyl groups excluding tert-OH is 1. The minimum Gasteiger partial charge on any atom is -0.397 e. The van der Waals surface area contributed by atoms with Gasteiger partial charge in [-0.25, -0.2) is 0 Å². The summed E-state index contributed by atoms with van der Waals surface area (Å²) in [7, 11) is 0. The first kappa shape index (κ1) is 16.1. The van der Waals surface area contributed by atoms with Crippen LogP contribution in [0.5, 0.6) is 0 Å². The highest BCUT2D eigenvalue weighted by Gasteiger charge is 2.16. The molecule has 0 saturated heterocycles.